The molecule has 0 bridgehead atoms. The summed E-state index contributed by atoms with van der Waals surface area (Å²) in [6.07, 6.45) is 5.69. The topological polar surface area (TPSA) is 26.0 Å². The van der Waals surface area contributed by atoms with Crippen LogP contribution in [-0.4, -0.2) is 6.54 Å². The van der Waals surface area contributed by atoms with Crippen molar-refractivity contribution >= 4 is 0 Å². The molecule has 0 aromatic heterocycles. The average molecular weight is 141 g/mol. The highest BCUT2D eigenvalue weighted by molar-refractivity contribution is 5.20. The Kier molecular flexibility index (Phi) is 2.63. The second-order valence-corrected chi connectivity index (χ2v) is 2.48. The molecule has 0 unspecified atom stereocenters. The highest BCUT2D eigenvalue weighted by atomic mass is 19.1. The van der Waals surface area contributed by atoms with E-state index in [0.717, 1.165) is 12.8 Å². The monoisotopic (exact) mass is 141 g/mol. The Balaban J connectivity index is 2.47. The Bertz CT molecular complexity index is 166. The van der Waals surface area contributed by atoms with Crippen LogP contribution in [0.4, 0.5) is 4.39 Å². The third-order valence-corrected chi connectivity index (χ3v) is 1.65. The fraction of sp³-hybridized carbons (Fsp3) is 0.500. The van der Waals surface area contributed by atoms with Gasteiger partial charge in [-0.25, -0.2) is 4.39 Å². The highest BCUT2D eigenvalue weighted by Gasteiger charge is 2.03. The molecule has 0 aromatic rings. The summed E-state index contributed by atoms with van der Waals surface area (Å²) in [6.45, 7) is 0.668. The fourth-order valence-corrected chi connectivity index (χ4v) is 1.05. The first-order chi connectivity index (χ1) is 4.83. The number of halogens is 1. The van der Waals surface area contributed by atoms with Crippen molar-refractivity contribution in [3.8, 4) is 0 Å². The lowest BCUT2D eigenvalue weighted by atomic mass is 10.0. The second-order valence-electron chi connectivity index (χ2n) is 2.48. The largest absolute Gasteiger partial charge is 0.330 e. The Morgan fingerprint density at radius 3 is 2.70 bits per heavy atom. The summed E-state index contributed by atoms with van der Waals surface area (Å²) in [5.74, 6) is -0.0132. The summed E-state index contributed by atoms with van der Waals surface area (Å²) >= 11 is 0. The van der Waals surface area contributed by atoms with Gasteiger partial charge in [0.25, 0.3) is 0 Å². The van der Waals surface area contributed by atoms with Crippen LogP contribution in [-0.2, 0) is 0 Å². The van der Waals surface area contributed by atoms with Crippen molar-refractivity contribution in [1.82, 2.24) is 0 Å². The fourth-order valence-electron chi connectivity index (χ4n) is 1.05. The van der Waals surface area contributed by atoms with Gasteiger partial charge in [0.05, 0.1) is 0 Å². The van der Waals surface area contributed by atoms with Crippen LogP contribution in [0.25, 0.3) is 0 Å². The van der Waals surface area contributed by atoms with Gasteiger partial charge in [-0.3, -0.25) is 0 Å². The van der Waals surface area contributed by atoms with E-state index in [9.17, 15) is 4.39 Å². The minimum absolute atomic E-state index is 0.0132. The van der Waals surface area contributed by atoms with Gasteiger partial charge in [0, 0.05) is 6.42 Å². The predicted molar refractivity (Wildman–Crippen MR) is 40.2 cm³/mol. The lowest BCUT2D eigenvalue weighted by Gasteiger charge is -2.07. The molecule has 2 heteroatoms. The van der Waals surface area contributed by atoms with Crippen molar-refractivity contribution in [1.29, 1.82) is 0 Å². The van der Waals surface area contributed by atoms with E-state index < -0.39 is 0 Å². The third-order valence-electron chi connectivity index (χ3n) is 1.65. The first-order valence-electron chi connectivity index (χ1n) is 3.57. The number of hydrogen-bond donors (Lipinski definition) is 1. The van der Waals surface area contributed by atoms with E-state index in [2.05, 4.69) is 0 Å². The van der Waals surface area contributed by atoms with Crippen molar-refractivity contribution in [2.24, 2.45) is 5.73 Å². The van der Waals surface area contributed by atoms with Gasteiger partial charge in [0.15, 0.2) is 0 Å². The summed E-state index contributed by atoms with van der Waals surface area (Å²) in [5.41, 5.74) is 6.61. The van der Waals surface area contributed by atoms with Crippen LogP contribution in [0.15, 0.2) is 23.6 Å². The Morgan fingerprint density at radius 2 is 2.20 bits per heavy atom. The van der Waals surface area contributed by atoms with Crippen LogP contribution in [0.5, 0.6) is 0 Å². The zero-order valence-electron chi connectivity index (χ0n) is 5.94. The van der Waals surface area contributed by atoms with Crippen LogP contribution in [0.2, 0.25) is 0 Å². The second kappa shape index (κ2) is 3.52. The molecule has 56 valence electrons. The summed E-state index contributed by atoms with van der Waals surface area (Å²) in [7, 11) is 0. The molecule has 2 N–H and O–H groups in total. The van der Waals surface area contributed by atoms with Crippen LogP contribution in [0.1, 0.15) is 19.3 Å². The molecule has 1 rings (SSSR count). The van der Waals surface area contributed by atoms with E-state index in [-0.39, 0.29) is 5.83 Å². The van der Waals surface area contributed by atoms with Gasteiger partial charge in [-0.15, -0.1) is 0 Å². The molecule has 0 saturated heterocycles. The molecule has 10 heavy (non-hydrogen) atoms. The molecule has 0 saturated carbocycles. The predicted octanol–water partition coefficient (Wildman–Crippen LogP) is 1.91. The van der Waals surface area contributed by atoms with Crippen molar-refractivity contribution in [3.05, 3.63) is 23.6 Å². The Hall–Kier alpha value is -0.630. The van der Waals surface area contributed by atoms with Gasteiger partial charge in [0.1, 0.15) is 5.83 Å². The van der Waals surface area contributed by atoms with Gasteiger partial charge in [-0.05, 0) is 25.5 Å². The highest BCUT2D eigenvalue weighted by Crippen LogP contribution is 2.20. The first-order valence-corrected chi connectivity index (χ1v) is 3.57. The summed E-state index contributed by atoms with van der Waals surface area (Å²) < 4.78 is 12.4. The summed E-state index contributed by atoms with van der Waals surface area (Å²) in [4.78, 5) is 0. The molecule has 0 fully saturated rings. The number of allylic oxidation sites excluding steroid dienone is 3. The number of hydrogen-bond acceptors (Lipinski definition) is 1. The number of rotatable bonds is 2. The minimum atomic E-state index is -0.0132. The van der Waals surface area contributed by atoms with Gasteiger partial charge < -0.3 is 5.73 Å². The normalized spacial score (nSPS) is 18.2. The lowest BCUT2D eigenvalue weighted by molar-refractivity contribution is 0.578. The molecular weight excluding hydrogens is 129 g/mol. The van der Waals surface area contributed by atoms with E-state index in [1.807, 2.05) is 6.08 Å². The van der Waals surface area contributed by atoms with Crippen molar-refractivity contribution < 1.29 is 4.39 Å². The van der Waals surface area contributed by atoms with E-state index in [1.54, 1.807) is 0 Å². The Morgan fingerprint density at radius 1 is 1.40 bits per heavy atom. The van der Waals surface area contributed by atoms with Crippen LogP contribution in [0, 0.1) is 0 Å². The zero-order chi connectivity index (χ0) is 7.40. The molecular formula is C8H12FN. The molecule has 0 radical (unpaired) electrons. The summed E-state index contributed by atoms with van der Waals surface area (Å²) in [5, 5.41) is 0. The van der Waals surface area contributed by atoms with Crippen molar-refractivity contribution in [3.63, 3.8) is 0 Å². The minimum Gasteiger partial charge on any atom is -0.330 e. The van der Waals surface area contributed by atoms with Gasteiger partial charge in [-0.2, -0.15) is 0 Å². The van der Waals surface area contributed by atoms with Crippen molar-refractivity contribution in [2.75, 3.05) is 6.54 Å². The zero-order valence-corrected chi connectivity index (χ0v) is 5.94. The quantitative estimate of drug-likeness (QED) is 0.624. The molecule has 1 nitrogen and oxygen atoms in total. The lowest BCUT2D eigenvalue weighted by Crippen LogP contribution is -2.01. The van der Waals surface area contributed by atoms with E-state index >= 15 is 0 Å². The number of nitrogens with two attached hydrogens (primary N) is 1. The molecule has 1 aliphatic rings. The molecule has 0 aliphatic heterocycles. The average Bonchev–Trinajstić information content (AvgIpc) is 1.95. The van der Waals surface area contributed by atoms with Crippen LogP contribution >= 0.6 is 0 Å². The third kappa shape index (κ3) is 1.95. The maximum Gasteiger partial charge on any atom is 0.100 e. The van der Waals surface area contributed by atoms with E-state index in [1.165, 1.54) is 11.6 Å². The van der Waals surface area contributed by atoms with Crippen molar-refractivity contribution in [2.45, 2.75) is 19.3 Å². The maximum atomic E-state index is 12.4. The molecule has 0 atom stereocenters. The Labute approximate surface area is 60.4 Å². The molecule has 0 amide bonds. The van der Waals surface area contributed by atoms with E-state index in [0.29, 0.717) is 13.0 Å². The smallest absolute Gasteiger partial charge is 0.100 e. The molecule has 0 heterocycles. The maximum absolute atomic E-state index is 12.4. The first kappa shape index (κ1) is 7.48. The van der Waals surface area contributed by atoms with Crippen LogP contribution in [0.3, 0.4) is 0 Å². The van der Waals surface area contributed by atoms with Gasteiger partial charge in [-0.1, -0.05) is 11.6 Å². The summed E-state index contributed by atoms with van der Waals surface area (Å²) in [6, 6.07) is 0. The van der Waals surface area contributed by atoms with Gasteiger partial charge >= 0.3 is 0 Å². The molecule has 0 aromatic carbocycles. The SMILES string of the molecule is NCCC1=CC=C(F)CC1. The van der Waals surface area contributed by atoms with E-state index in [4.69, 9.17) is 5.73 Å². The van der Waals surface area contributed by atoms with Gasteiger partial charge in [0.2, 0.25) is 0 Å². The molecule has 1 aliphatic carbocycles. The van der Waals surface area contributed by atoms with Crippen LogP contribution < -0.4 is 5.73 Å². The molecule has 0 spiro atoms. The standard InChI is InChI=1S/C8H12FN/c9-8-3-1-7(2-4-8)5-6-10/h1,3H,2,4-6,10H2.